The van der Waals surface area contributed by atoms with Crippen molar-refractivity contribution < 1.29 is 30.6 Å². The highest BCUT2D eigenvalue weighted by atomic mass is 16.4. The summed E-state index contributed by atoms with van der Waals surface area (Å²) in [5.41, 5.74) is 0.482. The molecule has 5 atom stereocenters. The molecular formula is C14H25N3O6. The third-order valence-corrected chi connectivity index (χ3v) is 3.48. The van der Waals surface area contributed by atoms with Gasteiger partial charge in [-0.1, -0.05) is 6.92 Å². The van der Waals surface area contributed by atoms with Gasteiger partial charge < -0.3 is 36.0 Å². The average Bonchev–Trinajstić information content (AvgIpc) is 2.58. The van der Waals surface area contributed by atoms with Gasteiger partial charge in [0.2, 0.25) is 0 Å². The quantitative estimate of drug-likeness (QED) is 0.239. The van der Waals surface area contributed by atoms with E-state index in [1.807, 2.05) is 6.92 Å². The molecule has 1 rings (SSSR count). The van der Waals surface area contributed by atoms with Crippen molar-refractivity contribution in [3.63, 3.8) is 0 Å². The Hall–Kier alpha value is -1.20. The molecule has 9 nitrogen and oxygen atoms in total. The highest BCUT2D eigenvalue weighted by Crippen LogP contribution is 2.16. The van der Waals surface area contributed by atoms with E-state index in [0.29, 0.717) is 12.2 Å². The monoisotopic (exact) mass is 331 g/mol. The van der Waals surface area contributed by atoms with Crippen molar-refractivity contribution in [2.75, 3.05) is 19.8 Å². The molecule has 1 aromatic heterocycles. The number of aromatic nitrogens is 2. The number of nitrogens with one attached hydrogen (secondary N) is 1. The van der Waals surface area contributed by atoms with E-state index in [0.717, 1.165) is 0 Å². The average molecular weight is 331 g/mol. The molecule has 0 fully saturated rings. The molecule has 0 radical (unpaired) electrons. The first kappa shape index (κ1) is 19.8. The Kier molecular flexibility index (Phi) is 8.48. The molecule has 0 aliphatic rings. The summed E-state index contributed by atoms with van der Waals surface area (Å²) < 4.78 is 0. The summed E-state index contributed by atoms with van der Waals surface area (Å²) in [7, 11) is 0. The molecule has 0 aliphatic carbocycles. The maximum atomic E-state index is 10.0. The Morgan fingerprint density at radius 3 is 2.17 bits per heavy atom. The van der Waals surface area contributed by atoms with Crippen molar-refractivity contribution in [3.05, 3.63) is 23.8 Å². The fraction of sp³-hybridized carbons (Fsp3) is 0.714. The van der Waals surface area contributed by atoms with Gasteiger partial charge in [0.15, 0.2) is 0 Å². The van der Waals surface area contributed by atoms with Crippen LogP contribution in [0.2, 0.25) is 0 Å². The molecule has 132 valence electrons. The van der Waals surface area contributed by atoms with E-state index in [2.05, 4.69) is 15.3 Å². The fourth-order valence-electron chi connectivity index (χ4n) is 2.06. The summed E-state index contributed by atoms with van der Waals surface area (Å²) in [6.07, 6.45) is -2.70. The van der Waals surface area contributed by atoms with Crippen molar-refractivity contribution in [1.82, 2.24) is 15.3 Å². The first-order valence-corrected chi connectivity index (χ1v) is 7.42. The van der Waals surface area contributed by atoms with Gasteiger partial charge in [0.05, 0.1) is 42.9 Å². The van der Waals surface area contributed by atoms with Crippen molar-refractivity contribution in [1.29, 1.82) is 0 Å². The number of rotatable bonds is 10. The van der Waals surface area contributed by atoms with Gasteiger partial charge in [-0.2, -0.15) is 0 Å². The molecule has 0 unspecified atom stereocenters. The Labute approximate surface area is 134 Å². The summed E-state index contributed by atoms with van der Waals surface area (Å²) in [4.78, 5) is 7.98. The zero-order valence-corrected chi connectivity index (χ0v) is 12.9. The Morgan fingerprint density at radius 2 is 1.70 bits per heavy atom. The van der Waals surface area contributed by atoms with Crippen molar-refractivity contribution in [3.8, 4) is 0 Å². The molecule has 1 heterocycles. The van der Waals surface area contributed by atoms with Gasteiger partial charge in [-0.3, -0.25) is 9.97 Å². The minimum atomic E-state index is -1.58. The van der Waals surface area contributed by atoms with E-state index in [9.17, 15) is 25.5 Å². The Bertz CT molecular complexity index is 447. The molecule has 0 aliphatic heterocycles. The number of hydrogen-bond acceptors (Lipinski definition) is 9. The summed E-state index contributed by atoms with van der Waals surface area (Å²) in [6.45, 7) is 1.55. The molecule has 1 aromatic rings. The molecule has 0 bridgehead atoms. The molecule has 0 spiro atoms. The van der Waals surface area contributed by atoms with E-state index in [1.165, 1.54) is 12.4 Å². The maximum absolute atomic E-state index is 10.0. The topological polar surface area (TPSA) is 159 Å². The van der Waals surface area contributed by atoms with Crippen LogP contribution in [-0.4, -0.2) is 84.7 Å². The fourth-order valence-corrected chi connectivity index (χ4v) is 2.06. The van der Waals surface area contributed by atoms with Crippen LogP contribution in [0.3, 0.4) is 0 Å². The second-order valence-corrected chi connectivity index (χ2v) is 5.24. The highest BCUT2D eigenvalue weighted by molar-refractivity contribution is 5.08. The Balaban J connectivity index is 2.69. The normalized spacial score (nSPS) is 18.2. The summed E-state index contributed by atoms with van der Waals surface area (Å²) >= 11 is 0. The van der Waals surface area contributed by atoms with E-state index in [-0.39, 0.29) is 18.7 Å². The molecule has 0 amide bonds. The highest BCUT2D eigenvalue weighted by Gasteiger charge is 2.27. The van der Waals surface area contributed by atoms with Crippen LogP contribution >= 0.6 is 0 Å². The first-order chi connectivity index (χ1) is 10.9. The van der Waals surface area contributed by atoms with Gasteiger partial charge in [0.1, 0.15) is 18.3 Å². The van der Waals surface area contributed by atoms with Gasteiger partial charge in [-0.25, -0.2) is 0 Å². The van der Waals surface area contributed by atoms with Crippen LogP contribution in [0.1, 0.15) is 24.4 Å². The van der Waals surface area contributed by atoms with Crippen LogP contribution in [0, 0.1) is 0 Å². The number of hydrogen-bond donors (Lipinski definition) is 7. The SMILES string of the molecule is CCN[C@@H](CO)[C@H](O)Cc1cnc([C@@H](O)[C@H](O)[C@H](O)CO)cn1. The van der Waals surface area contributed by atoms with Crippen LogP contribution in [0.25, 0.3) is 0 Å². The molecular weight excluding hydrogens is 306 g/mol. The predicted molar refractivity (Wildman–Crippen MR) is 80.4 cm³/mol. The first-order valence-electron chi connectivity index (χ1n) is 7.42. The minimum Gasteiger partial charge on any atom is -0.395 e. The molecule has 0 saturated carbocycles. The van der Waals surface area contributed by atoms with Crippen LogP contribution < -0.4 is 5.32 Å². The van der Waals surface area contributed by atoms with Crippen molar-refractivity contribution >= 4 is 0 Å². The van der Waals surface area contributed by atoms with Gasteiger partial charge in [0.25, 0.3) is 0 Å². The minimum absolute atomic E-state index is 0.0358. The largest absolute Gasteiger partial charge is 0.395 e. The smallest absolute Gasteiger partial charge is 0.126 e. The van der Waals surface area contributed by atoms with Crippen LogP contribution in [0.4, 0.5) is 0 Å². The maximum Gasteiger partial charge on any atom is 0.126 e. The number of nitrogens with zero attached hydrogens (tertiary/aromatic N) is 2. The summed E-state index contributed by atoms with van der Waals surface area (Å²) in [5, 5.41) is 59.7. The zero-order chi connectivity index (χ0) is 17.4. The third kappa shape index (κ3) is 5.74. The molecule has 7 N–H and O–H groups in total. The second-order valence-electron chi connectivity index (χ2n) is 5.24. The standard InChI is InChI=1S/C14H25N3O6/c1-2-15-10(6-18)11(20)3-8-4-17-9(5-16-8)13(22)14(23)12(21)7-19/h4-5,10-15,18-23H,2-3,6-7H2,1H3/t10-,11+,12+,13+,14+/m0/s1. The van der Waals surface area contributed by atoms with E-state index in [4.69, 9.17) is 5.11 Å². The van der Waals surface area contributed by atoms with E-state index < -0.39 is 37.1 Å². The van der Waals surface area contributed by atoms with E-state index >= 15 is 0 Å². The number of aliphatic hydroxyl groups excluding tert-OH is 6. The molecule has 9 heteroatoms. The molecule has 0 aromatic carbocycles. The second kappa shape index (κ2) is 9.83. The van der Waals surface area contributed by atoms with Crippen LogP contribution in [-0.2, 0) is 6.42 Å². The van der Waals surface area contributed by atoms with Gasteiger partial charge in [0, 0.05) is 12.6 Å². The summed E-state index contributed by atoms with van der Waals surface area (Å²) in [6, 6.07) is -0.478. The third-order valence-electron chi connectivity index (χ3n) is 3.48. The predicted octanol–water partition coefficient (Wildman–Crippen LogP) is -2.90. The zero-order valence-electron chi connectivity index (χ0n) is 12.9. The molecule has 0 saturated heterocycles. The van der Waals surface area contributed by atoms with E-state index in [1.54, 1.807) is 0 Å². The molecule has 23 heavy (non-hydrogen) atoms. The van der Waals surface area contributed by atoms with Crippen LogP contribution in [0.5, 0.6) is 0 Å². The lowest BCUT2D eigenvalue weighted by Gasteiger charge is -2.22. The Morgan fingerprint density at radius 1 is 1.00 bits per heavy atom. The lowest BCUT2D eigenvalue weighted by atomic mass is 10.1. The lowest BCUT2D eigenvalue weighted by Crippen LogP contribution is -2.43. The van der Waals surface area contributed by atoms with Gasteiger partial charge in [-0.05, 0) is 6.54 Å². The number of likely N-dealkylation sites (N-methyl/N-ethyl adjacent to an activating group) is 1. The number of aliphatic hydroxyl groups is 6. The van der Waals surface area contributed by atoms with Crippen molar-refractivity contribution in [2.45, 2.75) is 43.8 Å². The van der Waals surface area contributed by atoms with Crippen molar-refractivity contribution in [2.24, 2.45) is 0 Å². The van der Waals surface area contributed by atoms with Gasteiger partial charge in [-0.15, -0.1) is 0 Å². The van der Waals surface area contributed by atoms with Gasteiger partial charge >= 0.3 is 0 Å². The summed E-state index contributed by atoms with van der Waals surface area (Å²) in [5.74, 6) is 0. The van der Waals surface area contributed by atoms with Crippen LogP contribution in [0.15, 0.2) is 12.4 Å². The lowest BCUT2D eigenvalue weighted by molar-refractivity contribution is -0.0790.